The normalized spacial score (nSPS) is 15.0. The van der Waals surface area contributed by atoms with E-state index < -0.39 is 53.5 Å². The highest BCUT2D eigenvalue weighted by Gasteiger charge is 2.36. The van der Waals surface area contributed by atoms with Crippen molar-refractivity contribution in [3.8, 4) is 5.75 Å². The van der Waals surface area contributed by atoms with Crippen molar-refractivity contribution in [3.05, 3.63) is 131 Å². The average Bonchev–Trinajstić information content (AvgIpc) is 3.47. The van der Waals surface area contributed by atoms with Crippen LogP contribution in [0.15, 0.2) is 109 Å². The van der Waals surface area contributed by atoms with Gasteiger partial charge in [-0.25, -0.2) is 4.79 Å². The van der Waals surface area contributed by atoms with Crippen molar-refractivity contribution in [3.63, 3.8) is 0 Å². The van der Waals surface area contributed by atoms with Crippen LogP contribution in [0, 0.1) is 0 Å². The maximum absolute atomic E-state index is 13.7. The van der Waals surface area contributed by atoms with E-state index >= 15 is 0 Å². The second-order valence-corrected chi connectivity index (χ2v) is 14.2. The number of nitrogens with one attached hydrogen (secondary N) is 5. The number of fused-ring (bicyclic) bond motifs is 1. The number of ether oxygens (including phenoxy) is 2. The predicted molar refractivity (Wildman–Crippen MR) is 204 cm³/mol. The van der Waals surface area contributed by atoms with Crippen molar-refractivity contribution in [2.45, 2.75) is 83.3 Å². The zero-order chi connectivity index (χ0) is 38.7. The first-order chi connectivity index (χ1) is 25.8. The maximum atomic E-state index is 13.7. The number of para-hydroxylation sites is 1. The van der Waals surface area contributed by atoms with Gasteiger partial charge in [0.2, 0.25) is 23.6 Å². The molecule has 0 saturated heterocycles. The van der Waals surface area contributed by atoms with Gasteiger partial charge in [0.05, 0.1) is 5.92 Å². The molecule has 54 heavy (non-hydrogen) atoms. The third kappa shape index (κ3) is 11.4. The number of hydrogen-bond donors (Lipinski definition) is 5. The van der Waals surface area contributed by atoms with Crippen LogP contribution < -0.4 is 31.3 Å². The molecule has 5 N–H and O–H groups in total. The van der Waals surface area contributed by atoms with Crippen molar-refractivity contribution in [2.75, 3.05) is 5.32 Å². The molecule has 0 bridgehead atoms. The highest BCUT2D eigenvalue weighted by molar-refractivity contribution is 6.03. The van der Waals surface area contributed by atoms with E-state index in [2.05, 4.69) is 26.6 Å². The first-order valence-electron chi connectivity index (χ1n) is 17.9. The summed E-state index contributed by atoms with van der Waals surface area (Å²) < 4.78 is 11.3. The zero-order valence-electron chi connectivity index (χ0n) is 30.9. The summed E-state index contributed by atoms with van der Waals surface area (Å²) in [5.41, 5.74) is 3.17. The van der Waals surface area contributed by atoms with Crippen LogP contribution in [0.5, 0.6) is 5.75 Å². The summed E-state index contributed by atoms with van der Waals surface area (Å²) in [5, 5.41) is 13.8. The van der Waals surface area contributed by atoms with Crippen LogP contribution in [0.4, 0.5) is 10.5 Å². The Morgan fingerprint density at radius 2 is 1.33 bits per heavy atom. The number of rotatable bonds is 15. The van der Waals surface area contributed by atoms with Gasteiger partial charge in [-0.15, -0.1) is 0 Å². The second-order valence-electron chi connectivity index (χ2n) is 14.2. The molecule has 0 aromatic heterocycles. The fourth-order valence-corrected chi connectivity index (χ4v) is 5.92. The minimum atomic E-state index is -1.12. The van der Waals surface area contributed by atoms with Crippen LogP contribution in [-0.4, -0.2) is 53.4 Å². The lowest BCUT2D eigenvalue weighted by Crippen LogP contribution is -2.56. The number of carbonyl (C=O) groups excluding carboxylic acids is 5. The Balaban J connectivity index is 1.26. The molecule has 12 nitrogen and oxygen atoms in total. The highest BCUT2D eigenvalue weighted by atomic mass is 16.6. The number of hydrogen-bond acceptors (Lipinski definition) is 7. The molecule has 12 heteroatoms. The molecule has 0 saturated carbocycles. The molecule has 0 fully saturated rings. The van der Waals surface area contributed by atoms with Gasteiger partial charge in [0.1, 0.15) is 36.1 Å². The molecule has 282 valence electrons. The predicted octanol–water partition coefficient (Wildman–Crippen LogP) is 5.13. The minimum absolute atomic E-state index is 0.0102. The Kier molecular flexibility index (Phi) is 13.0. The van der Waals surface area contributed by atoms with E-state index in [-0.39, 0.29) is 25.3 Å². The average molecular weight is 734 g/mol. The first kappa shape index (κ1) is 39.0. The minimum Gasteiger partial charge on any atom is -0.489 e. The van der Waals surface area contributed by atoms with E-state index in [0.717, 1.165) is 22.3 Å². The van der Waals surface area contributed by atoms with Crippen LogP contribution in [-0.2, 0) is 43.5 Å². The van der Waals surface area contributed by atoms with Gasteiger partial charge in [-0.2, -0.15) is 0 Å². The van der Waals surface area contributed by atoms with E-state index in [1.165, 1.54) is 6.92 Å². The fraction of sp³-hybridized carbons (Fsp3) is 0.310. The molecule has 1 aliphatic rings. The van der Waals surface area contributed by atoms with Crippen LogP contribution in [0.2, 0.25) is 0 Å². The van der Waals surface area contributed by atoms with E-state index in [9.17, 15) is 24.0 Å². The van der Waals surface area contributed by atoms with Crippen molar-refractivity contribution in [1.82, 2.24) is 21.3 Å². The van der Waals surface area contributed by atoms with E-state index in [1.54, 1.807) is 57.2 Å². The van der Waals surface area contributed by atoms with Crippen LogP contribution in [0.3, 0.4) is 0 Å². The fourth-order valence-electron chi connectivity index (χ4n) is 5.92. The topological polar surface area (TPSA) is 164 Å². The van der Waals surface area contributed by atoms with Crippen molar-refractivity contribution in [2.24, 2.45) is 0 Å². The molecule has 5 amide bonds. The number of benzene rings is 4. The van der Waals surface area contributed by atoms with Gasteiger partial charge < -0.3 is 36.1 Å². The molecule has 4 atom stereocenters. The van der Waals surface area contributed by atoms with Crippen molar-refractivity contribution < 1.29 is 33.4 Å². The summed E-state index contributed by atoms with van der Waals surface area (Å²) in [6.45, 7) is 7.21. The lowest BCUT2D eigenvalue weighted by molar-refractivity contribution is -0.132. The Bertz CT molecular complexity index is 1910. The summed E-state index contributed by atoms with van der Waals surface area (Å²) in [7, 11) is 0. The van der Waals surface area contributed by atoms with Crippen molar-refractivity contribution >= 4 is 35.4 Å². The summed E-state index contributed by atoms with van der Waals surface area (Å²) in [5.74, 6) is -2.10. The van der Waals surface area contributed by atoms with Crippen molar-refractivity contribution in [1.29, 1.82) is 0 Å². The molecule has 1 heterocycles. The van der Waals surface area contributed by atoms with Crippen LogP contribution >= 0.6 is 0 Å². The summed E-state index contributed by atoms with van der Waals surface area (Å²) in [6, 6.07) is 30.1. The van der Waals surface area contributed by atoms with Gasteiger partial charge in [-0.05, 0) is 74.6 Å². The number of amides is 5. The molecular formula is C42H47N5O7. The zero-order valence-corrected chi connectivity index (χ0v) is 30.9. The molecule has 5 rings (SSSR count). The van der Waals surface area contributed by atoms with Gasteiger partial charge in [0.15, 0.2) is 0 Å². The molecule has 0 unspecified atom stereocenters. The Labute approximate surface area is 315 Å². The van der Waals surface area contributed by atoms with Gasteiger partial charge >= 0.3 is 6.09 Å². The third-order valence-electron chi connectivity index (χ3n) is 8.70. The summed E-state index contributed by atoms with van der Waals surface area (Å²) >= 11 is 0. The molecule has 0 aliphatic carbocycles. The van der Waals surface area contributed by atoms with Crippen LogP contribution in [0.25, 0.3) is 0 Å². The summed E-state index contributed by atoms with van der Waals surface area (Å²) in [4.78, 5) is 66.7. The largest absolute Gasteiger partial charge is 0.489 e. The SMILES string of the molecule is C[C@H](NC(=O)[C@H](Cc1ccc(OCc2ccccc2)cc1)NC(=O)OC(C)(C)C)C(=O)N[C@@H](C[C@@H]1C(=O)Nc2ccccc21)C(=O)NCc1ccccc1. The molecular weight excluding hydrogens is 686 g/mol. The molecule has 4 aromatic rings. The molecule has 0 radical (unpaired) electrons. The molecule has 0 spiro atoms. The summed E-state index contributed by atoms with van der Waals surface area (Å²) in [6.07, 6.45) is -0.726. The second kappa shape index (κ2) is 18.0. The smallest absolute Gasteiger partial charge is 0.408 e. The lowest BCUT2D eigenvalue weighted by atomic mass is 9.92. The van der Waals surface area contributed by atoms with Crippen LogP contribution in [0.1, 0.15) is 62.3 Å². The number of anilines is 1. The number of carbonyl (C=O) groups is 5. The number of alkyl carbamates (subject to hydrolysis) is 1. The maximum Gasteiger partial charge on any atom is 0.408 e. The third-order valence-corrected chi connectivity index (χ3v) is 8.70. The van der Waals surface area contributed by atoms with Gasteiger partial charge in [0, 0.05) is 18.7 Å². The first-order valence-corrected chi connectivity index (χ1v) is 17.9. The quantitative estimate of drug-likeness (QED) is 0.113. The van der Waals surface area contributed by atoms with E-state index in [1.807, 2.05) is 72.8 Å². The Hall–Kier alpha value is -6.17. The Morgan fingerprint density at radius 3 is 2.00 bits per heavy atom. The van der Waals surface area contributed by atoms with E-state index in [0.29, 0.717) is 18.0 Å². The Morgan fingerprint density at radius 1 is 0.704 bits per heavy atom. The highest BCUT2D eigenvalue weighted by Crippen LogP contribution is 2.35. The lowest BCUT2D eigenvalue weighted by Gasteiger charge is -2.26. The van der Waals surface area contributed by atoms with E-state index in [4.69, 9.17) is 9.47 Å². The van der Waals surface area contributed by atoms with Gasteiger partial charge in [-0.3, -0.25) is 19.2 Å². The van der Waals surface area contributed by atoms with Gasteiger partial charge in [0.25, 0.3) is 0 Å². The monoisotopic (exact) mass is 733 g/mol. The molecule has 4 aromatic carbocycles. The van der Waals surface area contributed by atoms with Gasteiger partial charge in [-0.1, -0.05) is 91.0 Å². The standard InChI is InChI=1S/C42H47N5O7/c1-27(37(48)46-36(39(50)43-25-29-13-7-5-8-14-29)24-33-32-17-11-12-18-34(32)45-38(33)49)44-40(51)35(47-41(52)54-42(2,3)4)23-28-19-21-31(22-20-28)53-26-30-15-9-6-10-16-30/h5-22,27,33,35-36H,23-26H2,1-4H3,(H,43,50)(H,44,51)(H,45,49)(H,46,48)(H,47,52)/t27-,33-,35-,36-/m0/s1. The molecule has 1 aliphatic heterocycles.